The minimum atomic E-state index is 0.260. The summed E-state index contributed by atoms with van der Waals surface area (Å²) in [6.45, 7) is 11.8. The van der Waals surface area contributed by atoms with Crippen LogP contribution in [0.2, 0.25) is 0 Å². The third kappa shape index (κ3) is 3.73. The summed E-state index contributed by atoms with van der Waals surface area (Å²) in [4.78, 5) is 17.3. The predicted octanol–water partition coefficient (Wildman–Crippen LogP) is 1.71. The topological polar surface area (TPSA) is 35.6 Å². The minimum Gasteiger partial charge on any atom is -0.342 e. The summed E-state index contributed by atoms with van der Waals surface area (Å²) >= 11 is 0. The van der Waals surface area contributed by atoms with Gasteiger partial charge in [-0.1, -0.05) is 13.8 Å². The molecule has 1 amide bonds. The van der Waals surface area contributed by atoms with Crippen molar-refractivity contribution in [1.82, 2.24) is 15.1 Å². The SMILES string of the molecule is CCN(CC)C1CCN(C(=O)C2CCNC(C)C2)CC1. The van der Waals surface area contributed by atoms with Crippen molar-refractivity contribution < 1.29 is 4.79 Å². The van der Waals surface area contributed by atoms with Gasteiger partial charge in [0.25, 0.3) is 0 Å². The molecule has 4 heteroatoms. The van der Waals surface area contributed by atoms with Gasteiger partial charge in [-0.15, -0.1) is 0 Å². The number of carbonyl (C=O) groups is 1. The molecular formula is C16H31N3O. The van der Waals surface area contributed by atoms with E-state index < -0.39 is 0 Å². The third-order valence-electron chi connectivity index (χ3n) is 5.08. The predicted molar refractivity (Wildman–Crippen MR) is 82.7 cm³/mol. The molecule has 20 heavy (non-hydrogen) atoms. The number of likely N-dealkylation sites (tertiary alicyclic amines) is 1. The highest BCUT2D eigenvalue weighted by atomic mass is 16.2. The fourth-order valence-corrected chi connectivity index (χ4v) is 3.81. The third-order valence-corrected chi connectivity index (χ3v) is 5.08. The molecule has 0 aliphatic carbocycles. The monoisotopic (exact) mass is 281 g/mol. The lowest BCUT2D eigenvalue weighted by Gasteiger charge is -2.39. The second-order valence-corrected chi connectivity index (χ2v) is 6.35. The molecule has 2 unspecified atom stereocenters. The number of nitrogens with zero attached hydrogens (tertiary/aromatic N) is 2. The molecule has 0 saturated carbocycles. The first-order chi connectivity index (χ1) is 9.65. The van der Waals surface area contributed by atoms with Crippen molar-refractivity contribution in [3.63, 3.8) is 0 Å². The number of rotatable bonds is 4. The molecule has 0 aromatic heterocycles. The summed E-state index contributed by atoms with van der Waals surface area (Å²) in [6.07, 6.45) is 4.32. The molecule has 2 fully saturated rings. The highest BCUT2D eigenvalue weighted by Crippen LogP contribution is 2.23. The Morgan fingerprint density at radius 2 is 1.85 bits per heavy atom. The summed E-state index contributed by atoms with van der Waals surface area (Å²) in [7, 11) is 0. The number of nitrogens with one attached hydrogen (secondary N) is 1. The van der Waals surface area contributed by atoms with Gasteiger partial charge in [-0.05, 0) is 52.2 Å². The van der Waals surface area contributed by atoms with E-state index in [0.717, 1.165) is 58.4 Å². The molecular weight excluding hydrogens is 250 g/mol. The van der Waals surface area contributed by atoms with Crippen molar-refractivity contribution in [3.8, 4) is 0 Å². The fraction of sp³-hybridized carbons (Fsp3) is 0.938. The standard InChI is InChI=1S/C16H31N3O/c1-4-18(5-2)15-7-10-19(11-8-15)16(20)14-6-9-17-13(3)12-14/h13-15,17H,4-12H2,1-3H3. The summed E-state index contributed by atoms with van der Waals surface area (Å²) < 4.78 is 0. The number of amides is 1. The van der Waals surface area contributed by atoms with Gasteiger partial charge in [0.2, 0.25) is 5.91 Å². The van der Waals surface area contributed by atoms with E-state index in [-0.39, 0.29) is 5.92 Å². The molecule has 116 valence electrons. The fourth-order valence-electron chi connectivity index (χ4n) is 3.81. The average molecular weight is 281 g/mol. The Balaban J connectivity index is 1.82. The molecule has 2 aliphatic heterocycles. The van der Waals surface area contributed by atoms with Crippen LogP contribution in [0.4, 0.5) is 0 Å². The first kappa shape index (κ1) is 15.8. The molecule has 2 saturated heterocycles. The lowest BCUT2D eigenvalue weighted by Crippen LogP contribution is -2.50. The zero-order chi connectivity index (χ0) is 14.5. The van der Waals surface area contributed by atoms with Gasteiger partial charge in [0.1, 0.15) is 0 Å². The van der Waals surface area contributed by atoms with Crippen LogP contribution < -0.4 is 5.32 Å². The van der Waals surface area contributed by atoms with E-state index in [1.165, 1.54) is 0 Å². The number of hydrogen-bond donors (Lipinski definition) is 1. The van der Waals surface area contributed by atoms with Crippen LogP contribution in [0.15, 0.2) is 0 Å². The van der Waals surface area contributed by atoms with Crippen LogP contribution in [0.3, 0.4) is 0 Å². The van der Waals surface area contributed by atoms with Crippen molar-refractivity contribution in [2.24, 2.45) is 5.92 Å². The van der Waals surface area contributed by atoms with Gasteiger partial charge in [0, 0.05) is 31.1 Å². The van der Waals surface area contributed by atoms with Crippen LogP contribution in [-0.2, 0) is 4.79 Å². The normalized spacial score (nSPS) is 28.9. The smallest absolute Gasteiger partial charge is 0.225 e. The molecule has 0 spiro atoms. The molecule has 0 aromatic rings. The van der Waals surface area contributed by atoms with E-state index >= 15 is 0 Å². The van der Waals surface area contributed by atoms with Crippen LogP contribution >= 0.6 is 0 Å². The van der Waals surface area contributed by atoms with Gasteiger partial charge >= 0.3 is 0 Å². The lowest BCUT2D eigenvalue weighted by atomic mass is 9.91. The van der Waals surface area contributed by atoms with E-state index in [4.69, 9.17) is 0 Å². The zero-order valence-electron chi connectivity index (χ0n) is 13.4. The van der Waals surface area contributed by atoms with Gasteiger partial charge in [-0.3, -0.25) is 4.79 Å². The van der Waals surface area contributed by atoms with Crippen molar-refractivity contribution in [2.45, 2.75) is 58.5 Å². The number of hydrogen-bond acceptors (Lipinski definition) is 3. The van der Waals surface area contributed by atoms with Crippen molar-refractivity contribution in [1.29, 1.82) is 0 Å². The van der Waals surface area contributed by atoms with Crippen molar-refractivity contribution in [3.05, 3.63) is 0 Å². The molecule has 2 aliphatic rings. The second kappa shape index (κ2) is 7.41. The Morgan fingerprint density at radius 1 is 1.20 bits per heavy atom. The maximum absolute atomic E-state index is 12.6. The quantitative estimate of drug-likeness (QED) is 0.852. The van der Waals surface area contributed by atoms with Gasteiger partial charge in [0.15, 0.2) is 0 Å². The van der Waals surface area contributed by atoms with Crippen LogP contribution in [0, 0.1) is 5.92 Å². The van der Waals surface area contributed by atoms with Gasteiger partial charge in [-0.25, -0.2) is 0 Å². The molecule has 1 N–H and O–H groups in total. The Labute approximate surface area is 123 Å². The average Bonchev–Trinajstić information content (AvgIpc) is 2.48. The van der Waals surface area contributed by atoms with Gasteiger partial charge in [0.05, 0.1) is 0 Å². The molecule has 0 aromatic carbocycles. The maximum atomic E-state index is 12.6. The molecule has 0 bridgehead atoms. The van der Waals surface area contributed by atoms with E-state index in [0.29, 0.717) is 18.0 Å². The lowest BCUT2D eigenvalue weighted by molar-refractivity contribution is -0.138. The maximum Gasteiger partial charge on any atom is 0.225 e. The van der Waals surface area contributed by atoms with E-state index in [1.807, 2.05) is 0 Å². The van der Waals surface area contributed by atoms with Crippen molar-refractivity contribution in [2.75, 3.05) is 32.7 Å². The Bertz CT molecular complexity index is 309. The van der Waals surface area contributed by atoms with Gasteiger partial charge in [-0.2, -0.15) is 0 Å². The van der Waals surface area contributed by atoms with Crippen LogP contribution in [0.1, 0.15) is 46.5 Å². The van der Waals surface area contributed by atoms with E-state index in [9.17, 15) is 4.79 Å². The molecule has 2 atom stereocenters. The first-order valence-corrected chi connectivity index (χ1v) is 8.41. The Morgan fingerprint density at radius 3 is 2.40 bits per heavy atom. The molecule has 0 radical (unpaired) electrons. The first-order valence-electron chi connectivity index (χ1n) is 8.41. The second-order valence-electron chi connectivity index (χ2n) is 6.35. The van der Waals surface area contributed by atoms with Crippen molar-refractivity contribution >= 4 is 5.91 Å². The number of piperidine rings is 2. The van der Waals surface area contributed by atoms with E-state index in [2.05, 4.69) is 35.9 Å². The van der Waals surface area contributed by atoms with Crippen LogP contribution in [-0.4, -0.2) is 60.5 Å². The molecule has 4 nitrogen and oxygen atoms in total. The number of carbonyl (C=O) groups excluding carboxylic acids is 1. The minimum absolute atomic E-state index is 0.260. The molecule has 2 rings (SSSR count). The largest absolute Gasteiger partial charge is 0.342 e. The highest BCUT2D eigenvalue weighted by molar-refractivity contribution is 5.79. The molecule has 2 heterocycles. The summed E-state index contributed by atoms with van der Waals surface area (Å²) in [5.74, 6) is 0.674. The van der Waals surface area contributed by atoms with Gasteiger partial charge < -0.3 is 15.1 Å². The Kier molecular flexibility index (Phi) is 5.85. The Hall–Kier alpha value is -0.610. The summed E-state index contributed by atoms with van der Waals surface area (Å²) in [6, 6.07) is 1.17. The van der Waals surface area contributed by atoms with E-state index in [1.54, 1.807) is 0 Å². The zero-order valence-corrected chi connectivity index (χ0v) is 13.4. The summed E-state index contributed by atoms with van der Waals surface area (Å²) in [5, 5.41) is 3.43. The van der Waals surface area contributed by atoms with Crippen LogP contribution in [0.25, 0.3) is 0 Å². The highest BCUT2D eigenvalue weighted by Gasteiger charge is 2.31. The summed E-state index contributed by atoms with van der Waals surface area (Å²) in [5.41, 5.74) is 0. The van der Waals surface area contributed by atoms with Crippen LogP contribution in [0.5, 0.6) is 0 Å².